The Morgan fingerprint density at radius 3 is 2.54 bits per heavy atom. The molecule has 0 fully saturated rings. The van der Waals surface area contributed by atoms with Gasteiger partial charge in [0.15, 0.2) is 0 Å². The summed E-state index contributed by atoms with van der Waals surface area (Å²) in [6.45, 7) is 5.48. The topological polar surface area (TPSA) is 9.23 Å². The SMILES string of the molecule is C/C=C\COCc1ccc(C)cc1. The summed E-state index contributed by atoms with van der Waals surface area (Å²) in [7, 11) is 0. The first-order chi connectivity index (χ1) is 6.33. The molecule has 0 atom stereocenters. The van der Waals surface area contributed by atoms with Crippen molar-refractivity contribution in [3.63, 3.8) is 0 Å². The van der Waals surface area contributed by atoms with Crippen molar-refractivity contribution in [1.29, 1.82) is 0 Å². The molecule has 0 unspecified atom stereocenters. The molecule has 13 heavy (non-hydrogen) atoms. The van der Waals surface area contributed by atoms with Gasteiger partial charge in [-0.2, -0.15) is 0 Å². The Morgan fingerprint density at radius 1 is 1.23 bits per heavy atom. The van der Waals surface area contributed by atoms with Crippen molar-refractivity contribution >= 4 is 0 Å². The third-order valence-electron chi connectivity index (χ3n) is 1.84. The molecule has 1 aromatic rings. The summed E-state index contributed by atoms with van der Waals surface area (Å²) in [6.07, 6.45) is 4.00. The third kappa shape index (κ3) is 3.90. The second-order valence-corrected chi connectivity index (χ2v) is 3.07. The Labute approximate surface area is 80.0 Å². The molecule has 70 valence electrons. The fourth-order valence-corrected chi connectivity index (χ4v) is 1.03. The van der Waals surface area contributed by atoms with Gasteiger partial charge in [0.2, 0.25) is 0 Å². The molecule has 0 aliphatic rings. The largest absolute Gasteiger partial charge is 0.373 e. The molecule has 0 aliphatic carbocycles. The van der Waals surface area contributed by atoms with Crippen LogP contribution in [-0.4, -0.2) is 6.61 Å². The summed E-state index contributed by atoms with van der Waals surface area (Å²) in [4.78, 5) is 0. The maximum absolute atomic E-state index is 5.41. The van der Waals surface area contributed by atoms with Crippen LogP contribution < -0.4 is 0 Å². The minimum atomic E-state index is 0.699. The van der Waals surface area contributed by atoms with Crippen molar-refractivity contribution in [2.24, 2.45) is 0 Å². The maximum atomic E-state index is 5.41. The zero-order valence-corrected chi connectivity index (χ0v) is 8.29. The molecule has 1 nitrogen and oxygen atoms in total. The van der Waals surface area contributed by atoms with Gasteiger partial charge in [-0.25, -0.2) is 0 Å². The zero-order chi connectivity index (χ0) is 9.52. The van der Waals surface area contributed by atoms with Gasteiger partial charge in [0, 0.05) is 0 Å². The highest BCUT2D eigenvalue weighted by Crippen LogP contribution is 2.04. The van der Waals surface area contributed by atoms with E-state index in [4.69, 9.17) is 4.74 Å². The van der Waals surface area contributed by atoms with E-state index in [-0.39, 0.29) is 0 Å². The predicted octanol–water partition coefficient (Wildman–Crippen LogP) is 3.09. The molecule has 0 aromatic heterocycles. The smallest absolute Gasteiger partial charge is 0.0721 e. The lowest BCUT2D eigenvalue weighted by Gasteiger charge is -2.01. The summed E-state index contributed by atoms with van der Waals surface area (Å²) in [5.74, 6) is 0. The number of hydrogen-bond donors (Lipinski definition) is 0. The molecule has 0 spiro atoms. The number of allylic oxidation sites excluding steroid dienone is 1. The molecule has 1 rings (SSSR count). The van der Waals surface area contributed by atoms with Gasteiger partial charge in [-0.15, -0.1) is 0 Å². The number of ether oxygens (including phenoxy) is 1. The molecule has 0 saturated heterocycles. The fourth-order valence-electron chi connectivity index (χ4n) is 1.03. The maximum Gasteiger partial charge on any atom is 0.0721 e. The van der Waals surface area contributed by atoms with E-state index in [2.05, 4.69) is 31.2 Å². The summed E-state index contributed by atoms with van der Waals surface area (Å²) < 4.78 is 5.41. The van der Waals surface area contributed by atoms with Gasteiger partial charge in [-0.1, -0.05) is 42.0 Å². The Hall–Kier alpha value is -1.08. The van der Waals surface area contributed by atoms with Gasteiger partial charge in [0.05, 0.1) is 13.2 Å². The predicted molar refractivity (Wildman–Crippen MR) is 55.6 cm³/mol. The van der Waals surface area contributed by atoms with Crippen LogP contribution in [-0.2, 0) is 11.3 Å². The van der Waals surface area contributed by atoms with Crippen LogP contribution in [0.2, 0.25) is 0 Å². The summed E-state index contributed by atoms with van der Waals surface area (Å²) in [6, 6.07) is 8.42. The van der Waals surface area contributed by atoms with Crippen molar-refractivity contribution in [1.82, 2.24) is 0 Å². The molecule has 0 radical (unpaired) electrons. The first kappa shape index (κ1) is 10.0. The van der Waals surface area contributed by atoms with E-state index in [1.165, 1.54) is 11.1 Å². The molecule has 0 N–H and O–H groups in total. The molecule has 0 heterocycles. The van der Waals surface area contributed by atoms with Crippen LogP contribution in [0.4, 0.5) is 0 Å². The lowest BCUT2D eigenvalue weighted by molar-refractivity contribution is 0.148. The van der Waals surface area contributed by atoms with E-state index in [9.17, 15) is 0 Å². The van der Waals surface area contributed by atoms with Gasteiger partial charge < -0.3 is 4.74 Å². The van der Waals surface area contributed by atoms with Gasteiger partial charge in [-0.3, -0.25) is 0 Å². The Balaban J connectivity index is 2.33. The molecule has 0 bridgehead atoms. The number of hydrogen-bond acceptors (Lipinski definition) is 1. The quantitative estimate of drug-likeness (QED) is 0.506. The average Bonchev–Trinajstić information content (AvgIpc) is 2.15. The summed E-state index contributed by atoms with van der Waals surface area (Å²) >= 11 is 0. The Morgan fingerprint density at radius 2 is 1.92 bits per heavy atom. The second kappa shape index (κ2) is 5.55. The van der Waals surface area contributed by atoms with E-state index in [0.717, 1.165) is 0 Å². The summed E-state index contributed by atoms with van der Waals surface area (Å²) in [5.41, 5.74) is 2.52. The number of aryl methyl sites for hydroxylation is 1. The van der Waals surface area contributed by atoms with Crippen molar-refractivity contribution in [2.45, 2.75) is 20.5 Å². The Kier molecular flexibility index (Phi) is 4.27. The van der Waals surface area contributed by atoms with E-state index in [0.29, 0.717) is 13.2 Å². The van der Waals surface area contributed by atoms with Gasteiger partial charge in [0.25, 0.3) is 0 Å². The van der Waals surface area contributed by atoms with E-state index < -0.39 is 0 Å². The van der Waals surface area contributed by atoms with Crippen LogP contribution in [0.25, 0.3) is 0 Å². The van der Waals surface area contributed by atoms with Gasteiger partial charge >= 0.3 is 0 Å². The molecule has 1 heteroatoms. The highest BCUT2D eigenvalue weighted by Gasteiger charge is 1.90. The first-order valence-electron chi connectivity index (χ1n) is 4.57. The van der Waals surface area contributed by atoms with E-state index in [1.807, 2.05) is 19.1 Å². The van der Waals surface area contributed by atoms with Crippen LogP contribution >= 0.6 is 0 Å². The fraction of sp³-hybridized carbons (Fsp3) is 0.333. The Bertz CT molecular complexity index is 259. The standard InChI is InChI=1S/C12H16O/c1-3-4-9-13-10-12-7-5-11(2)6-8-12/h3-8H,9-10H2,1-2H3/b4-3-. The van der Waals surface area contributed by atoms with Gasteiger partial charge in [0.1, 0.15) is 0 Å². The molecular weight excluding hydrogens is 160 g/mol. The zero-order valence-electron chi connectivity index (χ0n) is 8.29. The lowest BCUT2D eigenvalue weighted by Crippen LogP contribution is -1.92. The highest BCUT2D eigenvalue weighted by atomic mass is 16.5. The highest BCUT2D eigenvalue weighted by molar-refractivity contribution is 5.20. The summed E-state index contributed by atoms with van der Waals surface area (Å²) in [5, 5.41) is 0. The van der Waals surface area contributed by atoms with Crippen LogP contribution in [0.3, 0.4) is 0 Å². The van der Waals surface area contributed by atoms with E-state index >= 15 is 0 Å². The molecule has 1 aromatic carbocycles. The van der Waals surface area contributed by atoms with Crippen LogP contribution in [0.15, 0.2) is 36.4 Å². The van der Waals surface area contributed by atoms with Gasteiger partial charge in [-0.05, 0) is 19.4 Å². The molecule has 0 saturated carbocycles. The number of rotatable bonds is 4. The van der Waals surface area contributed by atoms with Crippen molar-refractivity contribution in [3.05, 3.63) is 47.5 Å². The lowest BCUT2D eigenvalue weighted by atomic mass is 10.2. The molecule has 0 amide bonds. The first-order valence-corrected chi connectivity index (χ1v) is 4.57. The number of benzene rings is 1. The van der Waals surface area contributed by atoms with E-state index in [1.54, 1.807) is 0 Å². The molecule has 0 aliphatic heterocycles. The second-order valence-electron chi connectivity index (χ2n) is 3.07. The van der Waals surface area contributed by atoms with Crippen molar-refractivity contribution < 1.29 is 4.74 Å². The van der Waals surface area contributed by atoms with Crippen LogP contribution in [0.1, 0.15) is 18.1 Å². The van der Waals surface area contributed by atoms with Crippen molar-refractivity contribution in [2.75, 3.05) is 6.61 Å². The minimum Gasteiger partial charge on any atom is -0.373 e. The molecular formula is C12H16O. The van der Waals surface area contributed by atoms with Crippen LogP contribution in [0.5, 0.6) is 0 Å². The average molecular weight is 176 g/mol. The minimum absolute atomic E-state index is 0.699. The normalized spacial score (nSPS) is 10.9. The van der Waals surface area contributed by atoms with Crippen molar-refractivity contribution in [3.8, 4) is 0 Å². The third-order valence-corrected chi connectivity index (χ3v) is 1.84. The monoisotopic (exact) mass is 176 g/mol. The van der Waals surface area contributed by atoms with Crippen LogP contribution in [0, 0.1) is 6.92 Å².